The summed E-state index contributed by atoms with van der Waals surface area (Å²) in [6.45, 7) is 3.70. The van der Waals surface area contributed by atoms with Gasteiger partial charge in [-0.25, -0.2) is 13.2 Å². The predicted octanol–water partition coefficient (Wildman–Crippen LogP) is 2.45. The average Bonchev–Trinajstić information content (AvgIpc) is 2.34. The molecule has 1 rings (SSSR count). The summed E-state index contributed by atoms with van der Waals surface area (Å²) in [6.07, 6.45) is 2.89. The number of hydrogen-bond donors (Lipinski definition) is 0. The number of allylic oxidation sites excluding steroid dienone is 1. The molecule has 0 amide bonds. The predicted molar refractivity (Wildman–Crippen MR) is 59.9 cm³/mol. The fraction of sp³-hybridized carbons (Fsp3) is 0.750. The third kappa shape index (κ3) is 3.31. The number of likely N-dealkylation sites (tertiary alicyclic amines) is 1. The highest BCUT2D eigenvalue weighted by atomic mass is 19.3. The van der Waals surface area contributed by atoms with E-state index in [1.807, 2.05) is 0 Å². The minimum absolute atomic E-state index is 0.0565. The molecule has 0 N–H and O–H groups in total. The van der Waals surface area contributed by atoms with Crippen LogP contribution in [-0.4, -0.2) is 41.9 Å². The lowest BCUT2D eigenvalue weighted by molar-refractivity contribution is -0.117. The van der Waals surface area contributed by atoms with Crippen LogP contribution >= 0.6 is 0 Å². The van der Waals surface area contributed by atoms with Crippen molar-refractivity contribution in [2.24, 2.45) is 5.92 Å². The molecule has 2 nitrogen and oxygen atoms in total. The second kappa shape index (κ2) is 4.80. The van der Waals surface area contributed by atoms with E-state index in [0.717, 1.165) is 6.92 Å². The molecule has 1 fully saturated rings. The van der Waals surface area contributed by atoms with Gasteiger partial charge in [0.1, 0.15) is 0 Å². The summed E-state index contributed by atoms with van der Waals surface area (Å²) in [5.74, 6) is -3.49. The first-order valence-corrected chi connectivity index (χ1v) is 5.65. The highest BCUT2D eigenvalue weighted by Crippen LogP contribution is 2.39. The molecule has 1 saturated heterocycles. The monoisotopic (exact) mass is 249 g/mol. The number of halogens is 3. The summed E-state index contributed by atoms with van der Waals surface area (Å²) < 4.78 is 39.8. The minimum Gasteiger partial charge on any atom is -0.295 e. The molecule has 0 spiro atoms. The molecule has 0 aromatic rings. The second-order valence-corrected chi connectivity index (χ2v) is 5.03. The number of nitrogens with zero attached hydrogens (tertiary/aromatic N) is 1. The molecular formula is C12H18F3NO. The molecule has 0 aromatic carbocycles. The number of ketones is 1. The van der Waals surface area contributed by atoms with Gasteiger partial charge in [0, 0.05) is 19.0 Å². The Balaban J connectivity index is 2.49. The van der Waals surface area contributed by atoms with E-state index in [4.69, 9.17) is 0 Å². The van der Waals surface area contributed by atoms with Crippen LogP contribution in [0.4, 0.5) is 13.2 Å². The van der Waals surface area contributed by atoms with Gasteiger partial charge in [0.15, 0.2) is 11.5 Å². The average molecular weight is 249 g/mol. The summed E-state index contributed by atoms with van der Waals surface area (Å²) >= 11 is 0. The third-order valence-corrected chi connectivity index (χ3v) is 2.92. The maximum absolute atomic E-state index is 13.5. The summed E-state index contributed by atoms with van der Waals surface area (Å²) in [7, 11) is 0. The van der Waals surface area contributed by atoms with E-state index in [0.29, 0.717) is 0 Å². The summed E-state index contributed by atoms with van der Waals surface area (Å²) in [6, 6.07) is 0. The van der Waals surface area contributed by atoms with Crippen LogP contribution in [0.5, 0.6) is 0 Å². The summed E-state index contributed by atoms with van der Waals surface area (Å²) in [5, 5.41) is 0. The fourth-order valence-electron chi connectivity index (χ4n) is 1.68. The molecule has 0 aliphatic carbocycles. The molecule has 5 heteroatoms. The van der Waals surface area contributed by atoms with E-state index in [2.05, 4.69) is 0 Å². The Morgan fingerprint density at radius 1 is 1.35 bits per heavy atom. The molecule has 0 aromatic heterocycles. The van der Waals surface area contributed by atoms with Gasteiger partial charge in [0.2, 0.25) is 0 Å². The minimum atomic E-state index is -3.32. The van der Waals surface area contributed by atoms with E-state index in [1.165, 1.54) is 17.1 Å². The van der Waals surface area contributed by atoms with E-state index in [9.17, 15) is 18.0 Å². The molecule has 0 radical (unpaired) electrons. The highest BCUT2D eigenvalue weighted by Gasteiger charge is 2.57. The van der Waals surface area contributed by atoms with Crippen molar-refractivity contribution in [3.8, 4) is 0 Å². The van der Waals surface area contributed by atoms with Gasteiger partial charge >= 0.3 is 0 Å². The second-order valence-electron chi connectivity index (χ2n) is 5.03. The standard InChI is InChI=1S/C12H18F3NO/c1-9(2)10(17)5-4-6-16-7-11(3,13)12(14,15)8-16/h4-5,9H,6-8H2,1-3H3/b5-4+. The van der Waals surface area contributed by atoms with Crippen molar-refractivity contribution in [1.29, 1.82) is 0 Å². The Labute approximate surface area is 99.5 Å². The van der Waals surface area contributed by atoms with Crippen molar-refractivity contribution in [1.82, 2.24) is 4.90 Å². The Morgan fingerprint density at radius 2 is 1.94 bits per heavy atom. The van der Waals surface area contributed by atoms with Crippen LogP contribution in [0.15, 0.2) is 12.2 Å². The topological polar surface area (TPSA) is 20.3 Å². The first-order chi connectivity index (χ1) is 7.66. The van der Waals surface area contributed by atoms with Crippen LogP contribution in [0.2, 0.25) is 0 Å². The van der Waals surface area contributed by atoms with Crippen LogP contribution < -0.4 is 0 Å². The first kappa shape index (κ1) is 14.2. The fourth-order valence-corrected chi connectivity index (χ4v) is 1.68. The van der Waals surface area contributed by atoms with Crippen LogP contribution in [0.1, 0.15) is 20.8 Å². The zero-order valence-corrected chi connectivity index (χ0v) is 10.3. The van der Waals surface area contributed by atoms with Gasteiger partial charge in [-0.3, -0.25) is 9.69 Å². The van der Waals surface area contributed by atoms with Gasteiger partial charge < -0.3 is 0 Å². The number of carbonyl (C=O) groups is 1. The third-order valence-electron chi connectivity index (χ3n) is 2.92. The number of carbonyl (C=O) groups excluding carboxylic acids is 1. The van der Waals surface area contributed by atoms with Crippen LogP contribution in [-0.2, 0) is 4.79 Å². The van der Waals surface area contributed by atoms with E-state index >= 15 is 0 Å². The smallest absolute Gasteiger partial charge is 0.294 e. The largest absolute Gasteiger partial charge is 0.295 e. The van der Waals surface area contributed by atoms with Crippen LogP contribution in [0.25, 0.3) is 0 Å². The quantitative estimate of drug-likeness (QED) is 0.713. The van der Waals surface area contributed by atoms with Gasteiger partial charge in [-0.2, -0.15) is 0 Å². The first-order valence-electron chi connectivity index (χ1n) is 5.65. The Morgan fingerprint density at radius 3 is 2.35 bits per heavy atom. The molecule has 1 unspecified atom stereocenters. The van der Waals surface area contributed by atoms with E-state index in [1.54, 1.807) is 13.8 Å². The van der Waals surface area contributed by atoms with Crippen LogP contribution in [0.3, 0.4) is 0 Å². The summed E-state index contributed by atoms with van der Waals surface area (Å²) in [5.41, 5.74) is -2.48. The lowest BCUT2D eigenvalue weighted by Crippen LogP contribution is -2.39. The van der Waals surface area contributed by atoms with Gasteiger partial charge in [-0.1, -0.05) is 19.9 Å². The molecule has 17 heavy (non-hydrogen) atoms. The Bertz CT molecular complexity index is 308. The Kier molecular flexibility index (Phi) is 4.02. The van der Waals surface area contributed by atoms with Crippen molar-refractivity contribution in [2.45, 2.75) is 32.4 Å². The van der Waals surface area contributed by atoms with Crippen molar-refractivity contribution in [2.75, 3.05) is 19.6 Å². The van der Waals surface area contributed by atoms with Crippen molar-refractivity contribution in [3.05, 3.63) is 12.2 Å². The van der Waals surface area contributed by atoms with E-state index in [-0.39, 0.29) is 24.8 Å². The van der Waals surface area contributed by atoms with Gasteiger partial charge in [0.25, 0.3) is 5.92 Å². The molecule has 0 bridgehead atoms. The zero-order valence-electron chi connectivity index (χ0n) is 10.3. The molecule has 1 aliphatic rings. The maximum Gasteiger partial charge on any atom is 0.294 e. The van der Waals surface area contributed by atoms with Crippen molar-refractivity contribution >= 4 is 5.78 Å². The maximum atomic E-state index is 13.5. The SMILES string of the molecule is CC(C)C(=O)/C=C/CN1CC(C)(F)C(F)(F)C1. The highest BCUT2D eigenvalue weighted by molar-refractivity contribution is 5.91. The lowest BCUT2D eigenvalue weighted by atomic mass is 10.1. The van der Waals surface area contributed by atoms with Crippen molar-refractivity contribution in [3.63, 3.8) is 0 Å². The summed E-state index contributed by atoms with van der Waals surface area (Å²) in [4.78, 5) is 12.6. The molecule has 1 heterocycles. The van der Waals surface area contributed by atoms with Gasteiger partial charge in [-0.15, -0.1) is 0 Å². The van der Waals surface area contributed by atoms with Gasteiger partial charge in [-0.05, 0) is 13.0 Å². The molecule has 98 valence electrons. The molecule has 1 aliphatic heterocycles. The Hall–Kier alpha value is -0.840. The number of rotatable bonds is 4. The molecule has 1 atom stereocenters. The number of alkyl halides is 3. The molecule has 0 saturated carbocycles. The van der Waals surface area contributed by atoms with Gasteiger partial charge in [0.05, 0.1) is 6.54 Å². The zero-order chi connectivity index (χ0) is 13.3. The lowest BCUT2D eigenvalue weighted by Gasteiger charge is -2.19. The van der Waals surface area contributed by atoms with Crippen LogP contribution in [0, 0.1) is 5.92 Å². The normalized spacial score (nSPS) is 29.4. The molecular weight excluding hydrogens is 231 g/mol. The number of hydrogen-bond acceptors (Lipinski definition) is 2. The van der Waals surface area contributed by atoms with Crippen molar-refractivity contribution < 1.29 is 18.0 Å². The van der Waals surface area contributed by atoms with E-state index < -0.39 is 18.1 Å².